The first-order valence-corrected chi connectivity index (χ1v) is 9.21. The highest BCUT2D eigenvalue weighted by Crippen LogP contribution is 2.43. The van der Waals surface area contributed by atoms with Crippen molar-refractivity contribution in [1.29, 1.82) is 0 Å². The molecule has 0 saturated heterocycles. The highest BCUT2D eigenvalue weighted by molar-refractivity contribution is 5.25. The van der Waals surface area contributed by atoms with E-state index in [4.69, 9.17) is 5.73 Å². The van der Waals surface area contributed by atoms with Crippen molar-refractivity contribution in [3.05, 3.63) is 48.0 Å². The fourth-order valence-electron chi connectivity index (χ4n) is 4.70. The Morgan fingerprint density at radius 3 is 1.91 bits per heavy atom. The number of rotatable bonds is 4. The predicted octanol–water partition coefficient (Wildman–Crippen LogP) is 5.41. The van der Waals surface area contributed by atoms with Crippen molar-refractivity contribution in [2.45, 2.75) is 63.8 Å². The third kappa shape index (κ3) is 3.63. The monoisotopic (exact) mass is 297 g/mol. The van der Waals surface area contributed by atoms with Gasteiger partial charge in [-0.1, -0.05) is 30.3 Å². The van der Waals surface area contributed by atoms with Crippen molar-refractivity contribution < 1.29 is 0 Å². The molecule has 2 saturated carbocycles. The second-order valence-corrected chi connectivity index (χ2v) is 7.47. The van der Waals surface area contributed by atoms with Crippen LogP contribution in [-0.2, 0) is 6.54 Å². The summed E-state index contributed by atoms with van der Waals surface area (Å²) in [4.78, 5) is 0. The Kier molecular flexibility index (Phi) is 5.36. The molecule has 1 aromatic carbocycles. The lowest BCUT2D eigenvalue weighted by Gasteiger charge is -2.37. The average Bonchev–Trinajstić information content (AvgIpc) is 2.62. The third-order valence-electron chi connectivity index (χ3n) is 6.28. The second-order valence-electron chi connectivity index (χ2n) is 7.47. The van der Waals surface area contributed by atoms with E-state index < -0.39 is 0 Å². The van der Waals surface area contributed by atoms with Crippen LogP contribution in [0.3, 0.4) is 0 Å². The van der Waals surface area contributed by atoms with Crippen LogP contribution < -0.4 is 5.73 Å². The van der Waals surface area contributed by atoms with Crippen LogP contribution in [0.2, 0.25) is 0 Å². The SMILES string of the molecule is C=C[C@H]1CC[C@H]([C@H]2CC[C@H](c3ccc(CN)cc3)CC2)CC1. The van der Waals surface area contributed by atoms with Gasteiger partial charge in [0, 0.05) is 6.54 Å². The summed E-state index contributed by atoms with van der Waals surface area (Å²) in [5.41, 5.74) is 8.47. The van der Waals surface area contributed by atoms with Crippen LogP contribution in [0.25, 0.3) is 0 Å². The first kappa shape index (κ1) is 15.8. The first-order valence-electron chi connectivity index (χ1n) is 9.21. The van der Waals surface area contributed by atoms with E-state index in [1.165, 1.54) is 62.5 Å². The highest BCUT2D eigenvalue weighted by atomic mass is 14.5. The molecule has 1 nitrogen and oxygen atoms in total. The number of nitrogens with two attached hydrogens (primary N) is 1. The molecule has 0 aliphatic heterocycles. The molecule has 0 atom stereocenters. The predicted molar refractivity (Wildman–Crippen MR) is 94.7 cm³/mol. The summed E-state index contributed by atoms with van der Waals surface area (Å²) in [5, 5.41) is 0. The van der Waals surface area contributed by atoms with Gasteiger partial charge in [-0.2, -0.15) is 0 Å². The van der Waals surface area contributed by atoms with Gasteiger partial charge in [0.25, 0.3) is 0 Å². The molecule has 2 N–H and O–H groups in total. The van der Waals surface area contributed by atoms with Gasteiger partial charge in [-0.3, -0.25) is 0 Å². The van der Waals surface area contributed by atoms with E-state index in [9.17, 15) is 0 Å². The third-order valence-corrected chi connectivity index (χ3v) is 6.28. The Labute approximate surface area is 136 Å². The fourth-order valence-corrected chi connectivity index (χ4v) is 4.70. The van der Waals surface area contributed by atoms with E-state index in [0.717, 1.165) is 23.7 Å². The molecule has 0 heterocycles. The molecule has 0 spiro atoms. The summed E-state index contributed by atoms with van der Waals surface area (Å²) < 4.78 is 0. The quantitative estimate of drug-likeness (QED) is 0.739. The number of hydrogen-bond donors (Lipinski definition) is 1. The zero-order chi connectivity index (χ0) is 15.4. The molecule has 2 aliphatic rings. The summed E-state index contributed by atoms with van der Waals surface area (Å²) >= 11 is 0. The van der Waals surface area contributed by atoms with Gasteiger partial charge in [0.1, 0.15) is 0 Å². The van der Waals surface area contributed by atoms with E-state index in [0.29, 0.717) is 6.54 Å². The minimum Gasteiger partial charge on any atom is -0.326 e. The summed E-state index contributed by atoms with van der Waals surface area (Å²) in [7, 11) is 0. The fraction of sp³-hybridized carbons (Fsp3) is 0.619. The van der Waals surface area contributed by atoms with Gasteiger partial charge in [0.15, 0.2) is 0 Å². The van der Waals surface area contributed by atoms with Crippen LogP contribution in [0.5, 0.6) is 0 Å². The average molecular weight is 297 g/mol. The molecule has 0 amide bonds. The van der Waals surface area contributed by atoms with Crippen molar-refractivity contribution in [2.24, 2.45) is 23.5 Å². The lowest BCUT2D eigenvalue weighted by atomic mass is 9.68. The molecular formula is C21H31N. The summed E-state index contributed by atoms with van der Waals surface area (Å²) in [6.45, 7) is 4.62. The Bertz CT molecular complexity index is 459. The van der Waals surface area contributed by atoms with Gasteiger partial charge >= 0.3 is 0 Å². The van der Waals surface area contributed by atoms with Crippen LogP contribution in [-0.4, -0.2) is 0 Å². The highest BCUT2D eigenvalue weighted by Gasteiger charge is 2.30. The second kappa shape index (κ2) is 7.46. The van der Waals surface area contributed by atoms with Crippen LogP contribution in [0, 0.1) is 17.8 Å². The minimum atomic E-state index is 0.653. The van der Waals surface area contributed by atoms with Crippen LogP contribution >= 0.6 is 0 Å². The van der Waals surface area contributed by atoms with E-state index in [1.54, 1.807) is 0 Å². The van der Waals surface area contributed by atoms with Crippen molar-refractivity contribution in [3.8, 4) is 0 Å². The molecule has 0 bridgehead atoms. The van der Waals surface area contributed by atoms with Crippen LogP contribution in [0.4, 0.5) is 0 Å². The summed E-state index contributed by atoms with van der Waals surface area (Å²) in [5.74, 6) is 3.57. The zero-order valence-electron chi connectivity index (χ0n) is 13.8. The Morgan fingerprint density at radius 2 is 1.41 bits per heavy atom. The molecule has 22 heavy (non-hydrogen) atoms. The van der Waals surface area contributed by atoms with Crippen molar-refractivity contribution >= 4 is 0 Å². The van der Waals surface area contributed by atoms with Crippen molar-refractivity contribution in [3.63, 3.8) is 0 Å². The molecule has 1 aromatic rings. The van der Waals surface area contributed by atoms with Crippen LogP contribution in [0.15, 0.2) is 36.9 Å². The maximum absolute atomic E-state index is 5.69. The summed E-state index contributed by atoms with van der Waals surface area (Å²) in [6.07, 6.45) is 13.5. The van der Waals surface area contributed by atoms with Crippen molar-refractivity contribution in [1.82, 2.24) is 0 Å². The maximum Gasteiger partial charge on any atom is 0.0178 e. The van der Waals surface area contributed by atoms with Crippen molar-refractivity contribution in [2.75, 3.05) is 0 Å². The van der Waals surface area contributed by atoms with E-state index >= 15 is 0 Å². The number of allylic oxidation sites excluding steroid dienone is 1. The lowest BCUT2D eigenvalue weighted by Crippen LogP contribution is -2.25. The number of benzene rings is 1. The lowest BCUT2D eigenvalue weighted by molar-refractivity contribution is 0.171. The maximum atomic E-state index is 5.69. The normalized spacial score (nSPS) is 32.6. The van der Waals surface area contributed by atoms with E-state index in [-0.39, 0.29) is 0 Å². The molecule has 120 valence electrons. The molecule has 0 radical (unpaired) electrons. The van der Waals surface area contributed by atoms with E-state index in [1.807, 2.05) is 0 Å². The zero-order valence-corrected chi connectivity index (χ0v) is 13.8. The van der Waals surface area contributed by atoms with Gasteiger partial charge in [0.05, 0.1) is 0 Å². The Balaban J connectivity index is 1.50. The molecule has 1 heteroatoms. The van der Waals surface area contributed by atoms with E-state index in [2.05, 4.69) is 36.9 Å². The van der Waals surface area contributed by atoms with Gasteiger partial charge < -0.3 is 5.73 Å². The molecular weight excluding hydrogens is 266 g/mol. The standard InChI is InChI=1S/C21H31N/c1-2-16-3-7-18(8-4-16)20-11-13-21(14-12-20)19-9-5-17(15-22)6-10-19/h2,5-6,9-10,16,18,20-21H,1,3-4,7-8,11-15,22H2/t16-,18-,20-,21-. The smallest absolute Gasteiger partial charge is 0.0178 e. The minimum absolute atomic E-state index is 0.653. The number of hydrogen-bond acceptors (Lipinski definition) is 1. The molecule has 2 aliphatic carbocycles. The van der Waals surface area contributed by atoms with Crippen LogP contribution in [0.1, 0.15) is 68.4 Å². The van der Waals surface area contributed by atoms with Gasteiger partial charge in [0.2, 0.25) is 0 Å². The van der Waals surface area contributed by atoms with Gasteiger partial charge in [-0.05, 0) is 86.2 Å². The Hall–Kier alpha value is -1.08. The topological polar surface area (TPSA) is 26.0 Å². The van der Waals surface area contributed by atoms with Gasteiger partial charge in [-0.25, -0.2) is 0 Å². The molecule has 3 rings (SSSR count). The van der Waals surface area contributed by atoms with Gasteiger partial charge in [-0.15, -0.1) is 6.58 Å². The molecule has 0 unspecified atom stereocenters. The molecule has 2 fully saturated rings. The molecule has 0 aromatic heterocycles. The summed E-state index contributed by atoms with van der Waals surface area (Å²) in [6, 6.07) is 9.03. The Morgan fingerprint density at radius 1 is 0.864 bits per heavy atom. The largest absolute Gasteiger partial charge is 0.326 e. The first-order chi connectivity index (χ1) is 10.8.